The highest BCUT2D eigenvalue weighted by atomic mass is 16.3. The molecule has 2 fully saturated rings. The molecule has 1 amide bonds. The molecule has 0 bridgehead atoms. The number of carbonyl (C=O) groups excluding carboxylic acids is 1. The largest absolute Gasteiger partial charge is 0.468 e. The fourth-order valence-corrected chi connectivity index (χ4v) is 3.34. The minimum Gasteiger partial charge on any atom is -0.468 e. The van der Waals surface area contributed by atoms with Gasteiger partial charge in [0, 0.05) is 6.54 Å². The van der Waals surface area contributed by atoms with Gasteiger partial charge < -0.3 is 15.1 Å². The highest BCUT2D eigenvalue weighted by Gasteiger charge is 2.27. The van der Waals surface area contributed by atoms with Crippen molar-refractivity contribution in [3.63, 3.8) is 0 Å². The second kappa shape index (κ2) is 7.09. The predicted octanol–water partition coefficient (Wildman–Crippen LogP) is 1.67. The van der Waals surface area contributed by atoms with Gasteiger partial charge in [-0.1, -0.05) is 6.42 Å². The first-order valence-corrected chi connectivity index (χ1v) is 8.13. The summed E-state index contributed by atoms with van der Waals surface area (Å²) in [4.78, 5) is 14.7. The average molecular weight is 291 g/mol. The Bertz CT molecular complexity index is 434. The molecule has 2 aliphatic heterocycles. The molecule has 2 saturated heterocycles. The molecule has 116 valence electrons. The molecule has 2 aliphatic rings. The van der Waals surface area contributed by atoms with Crippen molar-refractivity contribution >= 4 is 5.91 Å². The quantitative estimate of drug-likeness (QED) is 0.866. The van der Waals surface area contributed by atoms with Crippen LogP contribution in [0.3, 0.4) is 0 Å². The minimum atomic E-state index is -0.0189. The zero-order valence-corrected chi connectivity index (χ0v) is 12.5. The molecule has 1 aromatic heterocycles. The standard InChI is InChI=1S/C16H25N3O2/c20-16(13-6-1-2-8-17-13)18-12-14(15-7-5-11-21-15)19-9-3-4-10-19/h5,7,11,13-14,17H,1-4,6,8-10,12H2,(H,18,20)/t13-,14?/m0/s1. The molecule has 3 heterocycles. The van der Waals surface area contributed by atoms with Crippen molar-refractivity contribution in [2.75, 3.05) is 26.2 Å². The van der Waals surface area contributed by atoms with Crippen LogP contribution in [-0.4, -0.2) is 43.0 Å². The number of likely N-dealkylation sites (tertiary alicyclic amines) is 1. The number of hydrogen-bond donors (Lipinski definition) is 2. The lowest BCUT2D eigenvalue weighted by atomic mass is 10.0. The molecule has 1 unspecified atom stereocenters. The molecule has 5 heteroatoms. The molecule has 3 rings (SSSR count). The van der Waals surface area contributed by atoms with E-state index in [1.54, 1.807) is 6.26 Å². The third kappa shape index (κ3) is 3.66. The van der Waals surface area contributed by atoms with Gasteiger partial charge in [-0.2, -0.15) is 0 Å². The fraction of sp³-hybridized carbons (Fsp3) is 0.688. The summed E-state index contributed by atoms with van der Waals surface area (Å²) in [6.07, 6.45) is 7.43. The highest BCUT2D eigenvalue weighted by molar-refractivity contribution is 5.81. The van der Waals surface area contributed by atoms with E-state index in [0.29, 0.717) is 6.54 Å². The van der Waals surface area contributed by atoms with E-state index in [1.165, 1.54) is 19.3 Å². The zero-order chi connectivity index (χ0) is 14.5. The highest BCUT2D eigenvalue weighted by Crippen LogP contribution is 2.24. The summed E-state index contributed by atoms with van der Waals surface area (Å²) in [6, 6.07) is 4.07. The number of rotatable bonds is 5. The summed E-state index contributed by atoms with van der Waals surface area (Å²) in [5.41, 5.74) is 0. The molecule has 0 aromatic carbocycles. The van der Waals surface area contributed by atoms with E-state index in [2.05, 4.69) is 15.5 Å². The van der Waals surface area contributed by atoms with Crippen LogP contribution >= 0.6 is 0 Å². The van der Waals surface area contributed by atoms with Gasteiger partial charge in [0.25, 0.3) is 0 Å². The lowest BCUT2D eigenvalue weighted by Gasteiger charge is -2.28. The van der Waals surface area contributed by atoms with Crippen LogP contribution < -0.4 is 10.6 Å². The first-order valence-electron chi connectivity index (χ1n) is 8.13. The third-order valence-electron chi connectivity index (χ3n) is 4.55. The molecule has 2 N–H and O–H groups in total. The van der Waals surface area contributed by atoms with E-state index in [9.17, 15) is 4.79 Å². The van der Waals surface area contributed by atoms with E-state index in [0.717, 1.165) is 38.2 Å². The van der Waals surface area contributed by atoms with Gasteiger partial charge in [0.15, 0.2) is 0 Å². The number of amides is 1. The van der Waals surface area contributed by atoms with Crippen molar-refractivity contribution in [1.82, 2.24) is 15.5 Å². The molecular weight excluding hydrogens is 266 g/mol. The van der Waals surface area contributed by atoms with Gasteiger partial charge in [-0.15, -0.1) is 0 Å². The maximum Gasteiger partial charge on any atom is 0.237 e. The molecule has 0 saturated carbocycles. The smallest absolute Gasteiger partial charge is 0.237 e. The lowest BCUT2D eigenvalue weighted by Crippen LogP contribution is -2.48. The van der Waals surface area contributed by atoms with Crippen molar-refractivity contribution in [2.24, 2.45) is 0 Å². The first-order chi connectivity index (χ1) is 10.3. The summed E-state index contributed by atoms with van der Waals surface area (Å²) >= 11 is 0. The third-order valence-corrected chi connectivity index (χ3v) is 4.55. The van der Waals surface area contributed by atoms with Crippen molar-refractivity contribution in [3.8, 4) is 0 Å². The topological polar surface area (TPSA) is 57.5 Å². The Hall–Kier alpha value is -1.33. The van der Waals surface area contributed by atoms with Gasteiger partial charge >= 0.3 is 0 Å². The fourth-order valence-electron chi connectivity index (χ4n) is 3.34. The summed E-state index contributed by atoms with van der Waals surface area (Å²) in [5.74, 6) is 1.08. The average Bonchev–Trinajstić information content (AvgIpc) is 3.22. The first kappa shape index (κ1) is 14.6. The van der Waals surface area contributed by atoms with Crippen LogP contribution in [0.15, 0.2) is 22.8 Å². The van der Waals surface area contributed by atoms with Crippen molar-refractivity contribution in [3.05, 3.63) is 24.2 Å². The summed E-state index contributed by atoms with van der Waals surface area (Å²) < 4.78 is 5.58. The Morgan fingerprint density at radius 3 is 2.90 bits per heavy atom. The van der Waals surface area contributed by atoms with Crippen LogP contribution in [0.2, 0.25) is 0 Å². The normalized spacial score (nSPS) is 24.9. The minimum absolute atomic E-state index is 0.0189. The number of nitrogens with one attached hydrogen (secondary N) is 2. The van der Waals surface area contributed by atoms with Crippen LogP contribution in [0.5, 0.6) is 0 Å². The van der Waals surface area contributed by atoms with Crippen LogP contribution in [0.25, 0.3) is 0 Å². The van der Waals surface area contributed by atoms with E-state index in [4.69, 9.17) is 4.42 Å². The van der Waals surface area contributed by atoms with Gasteiger partial charge in [-0.3, -0.25) is 9.69 Å². The van der Waals surface area contributed by atoms with Gasteiger partial charge in [-0.25, -0.2) is 0 Å². The second-order valence-electron chi connectivity index (χ2n) is 6.02. The Balaban J connectivity index is 1.58. The Morgan fingerprint density at radius 2 is 2.24 bits per heavy atom. The second-order valence-corrected chi connectivity index (χ2v) is 6.02. The number of piperidine rings is 1. The number of furan rings is 1. The van der Waals surface area contributed by atoms with Gasteiger partial charge in [0.2, 0.25) is 5.91 Å². The molecule has 5 nitrogen and oxygen atoms in total. The van der Waals surface area contributed by atoms with Crippen LogP contribution in [0, 0.1) is 0 Å². The Labute approximate surface area is 126 Å². The monoisotopic (exact) mass is 291 g/mol. The van der Waals surface area contributed by atoms with Crippen molar-refractivity contribution < 1.29 is 9.21 Å². The molecule has 0 aliphatic carbocycles. The van der Waals surface area contributed by atoms with Crippen LogP contribution in [0.4, 0.5) is 0 Å². The zero-order valence-electron chi connectivity index (χ0n) is 12.5. The molecular formula is C16H25N3O2. The Morgan fingerprint density at radius 1 is 1.38 bits per heavy atom. The van der Waals surface area contributed by atoms with Crippen molar-refractivity contribution in [2.45, 2.75) is 44.2 Å². The number of nitrogens with zero attached hydrogens (tertiary/aromatic N) is 1. The maximum absolute atomic E-state index is 12.3. The maximum atomic E-state index is 12.3. The Kier molecular flexibility index (Phi) is 4.93. The number of hydrogen-bond acceptors (Lipinski definition) is 4. The molecule has 1 aromatic rings. The molecule has 0 radical (unpaired) electrons. The van der Waals surface area contributed by atoms with E-state index >= 15 is 0 Å². The molecule has 0 spiro atoms. The van der Waals surface area contributed by atoms with E-state index in [1.807, 2.05) is 12.1 Å². The van der Waals surface area contributed by atoms with Gasteiger partial charge in [0.05, 0.1) is 18.3 Å². The van der Waals surface area contributed by atoms with E-state index in [-0.39, 0.29) is 18.0 Å². The SMILES string of the molecule is O=C(NCC(c1ccco1)N1CCCC1)[C@@H]1CCCCN1. The number of carbonyl (C=O) groups is 1. The van der Waals surface area contributed by atoms with Gasteiger partial charge in [0.1, 0.15) is 5.76 Å². The van der Waals surface area contributed by atoms with Crippen LogP contribution in [0.1, 0.15) is 43.9 Å². The van der Waals surface area contributed by atoms with Crippen LogP contribution in [-0.2, 0) is 4.79 Å². The van der Waals surface area contributed by atoms with Crippen molar-refractivity contribution in [1.29, 1.82) is 0 Å². The lowest BCUT2D eigenvalue weighted by molar-refractivity contribution is -0.123. The summed E-state index contributed by atoms with van der Waals surface area (Å²) in [5, 5.41) is 6.41. The predicted molar refractivity (Wildman–Crippen MR) is 80.9 cm³/mol. The summed E-state index contributed by atoms with van der Waals surface area (Å²) in [6.45, 7) is 3.75. The summed E-state index contributed by atoms with van der Waals surface area (Å²) in [7, 11) is 0. The molecule has 21 heavy (non-hydrogen) atoms. The van der Waals surface area contributed by atoms with Gasteiger partial charge in [-0.05, 0) is 57.5 Å². The molecule has 2 atom stereocenters. The van der Waals surface area contributed by atoms with E-state index < -0.39 is 0 Å².